The zero-order valence-electron chi connectivity index (χ0n) is 12.4. The van der Waals surface area contributed by atoms with Gasteiger partial charge in [0.1, 0.15) is 6.04 Å². The number of carbonyl (C=O) groups is 1. The summed E-state index contributed by atoms with van der Waals surface area (Å²) >= 11 is 0. The van der Waals surface area contributed by atoms with Gasteiger partial charge in [-0.2, -0.15) is 0 Å². The fraction of sp³-hybridized carbons (Fsp3) is 0.923. The fourth-order valence-electron chi connectivity index (χ4n) is 1.55. The lowest BCUT2D eigenvalue weighted by atomic mass is 10.1. The van der Waals surface area contributed by atoms with Gasteiger partial charge in [0.15, 0.2) is 0 Å². The van der Waals surface area contributed by atoms with Gasteiger partial charge in [0, 0.05) is 13.2 Å². The average Bonchev–Trinajstić information content (AvgIpc) is 2.22. The van der Waals surface area contributed by atoms with Gasteiger partial charge >= 0.3 is 0 Å². The molecule has 0 saturated heterocycles. The number of hydrogen-bond donors (Lipinski definition) is 2. The van der Waals surface area contributed by atoms with Crippen molar-refractivity contribution >= 4 is 5.91 Å². The summed E-state index contributed by atoms with van der Waals surface area (Å²) in [7, 11) is 0. The van der Waals surface area contributed by atoms with E-state index in [1.807, 2.05) is 41.5 Å². The van der Waals surface area contributed by atoms with Crippen molar-refractivity contribution in [1.29, 1.82) is 0 Å². The number of ether oxygens (including phenoxy) is 2. The molecule has 3 atom stereocenters. The van der Waals surface area contributed by atoms with Crippen molar-refractivity contribution in [3.05, 3.63) is 0 Å². The van der Waals surface area contributed by atoms with E-state index >= 15 is 0 Å². The summed E-state index contributed by atoms with van der Waals surface area (Å²) in [5.74, 6) is -0.210. The molecule has 108 valence electrons. The minimum Gasteiger partial charge on any atom is -0.377 e. The van der Waals surface area contributed by atoms with Gasteiger partial charge in [0.25, 0.3) is 0 Å². The topological polar surface area (TPSA) is 73.6 Å². The Morgan fingerprint density at radius 2 is 1.89 bits per heavy atom. The van der Waals surface area contributed by atoms with Gasteiger partial charge in [-0.3, -0.25) is 4.79 Å². The van der Waals surface area contributed by atoms with E-state index in [2.05, 4.69) is 5.32 Å². The number of rotatable bonds is 7. The van der Waals surface area contributed by atoms with Crippen LogP contribution in [0.3, 0.4) is 0 Å². The van der Waals surface area contributed by atoms with Crippen LogP contribution in [0.4, 0.5) is 0 Å². The maximum absolute atomic E-state index is 11.8. The lowest BCUT2D eigenvalue weighted by Crippen LogP contribution is -2.51. The Balaban J connectivity index is 4.09. The molecule has 0 saturated carbocycles. The summed E-state index contributed by atoms with van der Waals surface area (Å²) in [6, 6.07) is -0.668. The molecule has 3 N–H and O–H groups in total. The smallest absolute Gasteiger partial charge is 0.239 e. The Morgan fingerprint density at radius 1 is 1.33 bits per heavy atom. The molecular formula is C13H28N2O3. The molecule has 0 aromatic heterocycles. The monoisotopic (exact) mass is 260 g/mol. The van der Waals surface area contributed by atoms with Crippen LogP contribution < -0.4 is 11.1 Å². The molecule has 0 heterocycles. The maximum Gasteiger partial charge on any atom is 0.239 e. The molecule has 0 spiro atoms. The summed E-state index contributed by atoms with van der Waals surface area (Å²) in [6.07, 6.45) is -0.336. The van der Waals surface area contributed by atoms with Gasteiger partial charge in [0.05, 0.1) is 17.8 Å². The first kappa shape index (κ1) is 17.4. The van der Waals surface area contributed by atoms with E-state index < -0.39 is 6.04 Å². The van der Waals surface area contributed by atoms with Crippen molar-refractivity contribution in [3.63, 3.8) is 0 Å². The third kappa shape index (κ3) is 7.63. The lowest BCUT2D eigenvalue weighted by Gasteiger charge is -2.28. The Labute approximate surface area is 110 Å². The van der Waals surface area contributed by atoms with E-state index in [0.29, 0.717) is 13.2 Å². The van der Waals surface area contributed by atoms with Gasteiger partial charge in [-0.05, 0) is 41.5 Å². The molecule has 0 aliphatic heterocycles. The molecule has 0 aliphatic rings. The van der Waals surface area contributed by atoms with E-state index in [0.717, 1.165) is 0 Å². The summed E-state index contributed by atoms with van der Waals surface area (Å²) in [4.78, 5) is 11.8. The summed E-state index contributed by atoms with van der Waals surface area (Å²) < 4.78 is 11.0. The second-order valence-electron chi connectivity index (χ2n) is 5.47. The van der Waals surface area contributed by atoms with Gasteiger partial charge in [-0.1, -0.05) is 0 Å². The number of nitrogens with two attached hydrogens (primary N) is 1. The third-order valence-corrected chi connectivity index (χ3v) is 2.36. The van der Waals surface area contributed by atoms with Crippen LogP contribution in [0.15, 0.2) is 0 Å². The van der Waals surface area contributed by atoms with Crippen molar-refractivity contribution in [2.24, 2.45) is 5.73 Å². The highest BCUT2D eigenvalue weighted by atomic mass is 16.5. The summed E-state index contributed by atoms with van der Waals surface area (Å²) in [6.45, 7) is 12.5. The van der Waals surface area contributed by atoms with Gasteiger partial charge in [0.2, 0.25) is 5.91 Å². The number of hydrogen-bond acceptors (Lipinski definition) is 4. The normalized spacial score (nSPS) is 17.1. The van der Waals surface area contributed by atoms with E-state index in [1.54, 1.807) is 0 Å². The lowest BCUT2D eigenvalue weighted by molar-refractivity contribution is -0.130. The van der Waals surface area contributed by atoms with Gasteiger partial charge in [-0.25, -0.2) is 0 Å². The van der Waals surface area contributed by atoms with E-state index in [1.165, 1.54) is 0 Å². The number of amides is 1. The molecular weight excluding hydrogens is 232 g/mol. The van der Waals surface area contributed by atoms with Gasteiger partial charge in [-0.15, -0.1) is 0 Å². The largest absolute Gasteiger partial charge is 0.377 e. The summed E-state index contributed by atoms with van der Waals surface area (Å²) in [5, 5.41) is 2.76. The molecule has 0 fully saturated rings. The van der Waals surface area contributed by atoms with Crippen LogP contribution in [0.5, 0.6) is 0 Å². The molecule has 0 radical (unpaired) electrons. The molecule has 0 aliphatic carbocycles. The van der Waals surface area contributed by atoms with Crippen LogP contribution >= 0.6 is 0 Å². The van der Waals surface area contributed by atoms with Crippen LogP contribution in [0.25, 0.3) is 0 Å². The first-order chi connectivity index (χ1) is 8.17. The molecule has 5 heteroatoms. The minimum atomic E-state index is -0.668. The first-order valence-electron chi connectivity index (χ1n) is 6.50. The fourth-order valence-corrected chi connectivity index (χ4v) is 1.55. The maximum atomic E-state index is 11.8. The SMILES string of the molecule is CCOC(C)CNC(=O)[C@@H](N)[C@@H](C)OC(C)(C)C. The van der Waals surface area contributed by atoms with Crippen molar-refractivity contribution in [2.75, 3.05) is 13.2 Å². The average molecular weight is 260 g/mol. The van der Waals surface area contributed by atoms with Crippen LogP contribution in [0.2, 0.25) is 0 Å². The first-order valence-corrected chi connectivity index (χ1v) is 6.50. The van der Waals surface area contributed by atoms with Crippen molar-refractivity contribution in [1.82, 2.24) is 5.32 Å². The molecule has 5 nitrogen and oxygen atoms in total. The third-order valence-electron chi connectivity index (χ3n) is 2.36. The molecule has 0 bridgehead atoms. The Kier molecular flexibility index (Phi) is 7.43. The Bertz CT molecular complexity index is 251. The molecule has 1 unspecified atom stereocenters. The quantitative estimate of drug-likeness (QED) is 0.718. The standard InChI is InChI=1S/C13H28N2O3/c1-7-17-9(2)8-15-12(16)11(14)10(3)18-13(4,5)6/h9-11H,7-8,14H2,1-6H3,(H,15,16)/t9?,10-,11+/m1/s1. The van der Waals surface area contributed by atoms with E-state index in [-0.39, 0.29) is 23.7 Å². The molecule has 18 heavy (non-hydrogen) atoms. The van der Waals surface area contributed by atoms with Crippen molar-refractivity contribution in [3.8, 4) is 0 Å². The zero-order chi connectivity index (χ0) is 14.3. The Morgan fingerprint density at radius 3 is 2.33 bits per heavy atom. The van der Waals surface area contributed by atoms with E-state index in [9.17, 15) is 4.79 Å². The van der Waals surface area contributed by atoms with Crippen LogP contribution in [0.1, 0.15) is 41.5 Å². The zero-order valence-corrected chi connectivity index (χ0v) is 12.4. The molecule has 0 aromatic carbocycles. The molecule has 0 aromatic rings. The van der Waals surface area contributed by atoms with Crippen LogP contribution in [-0.4, -0.2) is 42.9 Å². The minimum absolute atomic E-state index is 0.00927. The molecule has 1 amide bonds. The summed E-state index contributed by atoms with van der Waals surface area (Å²) in [5.41, 5.74) is 5.54. The van der Waals surface area contributed by atoms with Crippen LogP contribution in [-0.2, 0) is 14.3 Å². The second-order valence-corrected chi connectivity index (χ2v) is 5.47. The van der Waals surface area contributed by atoms with Gasteiger partial charge < -0.3 is 20.5 Å². The molecule has 0 rings (SSSR count). The number of carbonyl (C=O) groups excluding carboxylic acids is 1. The predicted molar refractivity (Wildman–Crippen MR) is 72.4 cm³/mol. The highest BCUT2D eigenvalue weighted by molar-refractivity contribution is 5.82. The van der Waals surface area contributed by atoms with Crippen LogP contribution in [0, 0.1) is 0 Å². The number of nitrogens with one attached hydrogen (secondary N) is 1. The van der Waals surface area contributed by atoms with E-state index in [4.69, 9.17) is 15.2 Å². The second kappa shape index (κ2) is 7.71. The highest BCUT2D eigenvalue weighted by Gasteiger charge is 2.25. The predicted octanol–water partition coefficient (Wildman–Crippen LogP) is 1.06. The Hall–Kier alpha value is -0.650. The highest BCUT2D eigenvalue weighted by Crippen LogP contribution is 2.12. The van der Waals surface area contributed by atoms with Crippen molar-refractivity contribution < 1.29 is 14.3 Å². The van der Waals surface area contributed by atoms with Crippen molar-refractivity contribution in [2.45, 2.75) is 65.4 Å².